The topological polar surface area (TPSA) is 37.3 Å². The maximum Gasteiger partial charge on any atom is 0.336 e. The molecule has 12 heavy (non-hydrogen) atoms. The van der Waals surface area contributed by atoms with Crippen molar-refractivity contribution in [1.82, 2.24) is 0 Å². The van der Waals surface area contributed by atoms with Crippen molar-refractivity contribution >= 4 is 18.6 Å². The van der Waals surface area contributed by atoms with Crippen LogP contribution in [0.2, 0.25) is 0 Å². The summed E-state index contributed by atoms with van der Waals surface area (Å²) in [6, 6.07) is 4.19. The molecule has 1 aromatic carbocycles. The van der Waals surface area contributed by atoms with Crippen LogP contribution in [0.15, 0.2) is 23.1 Å². The number of hydrogen-bond acceptors (Lipinski definition) is 2. The molecule has 2 nitrogen and oxygen atoms in total. The standard InChI is InChI=1S/C8H7FO2S/c9-4-5-1-2-6(8(10)11)7(12)3-5/h1-3,12H,4H2,(H,10,11). The van der Waals surface area contributed by atoms with Gasteiger partial charge in [0.1, 0.15) is 6.67 Å². The Hall–Kier alpha value is -1.03. The fourth-order valence-corrected chi connectivity index (χ4v) is 1.18. The van der Waals surface area contributed by atoms with E-state index in [4.69, 9.17) is 5.11 Å². The minimum atomic E-state index is -1.05. The second kappa shape index (κ2) is 3.58. The van der Waals surface area contributed by atoms with Gasteiger partial charge in [0.2, 0.25) is 0 Å². The number of thiol groups is 1. The molecule has 0 heterocycles. The summed E-state index contributed by atoms with van der Waals surface area (Å²) in [5, 5.41) is 8.59. The summed E-state index contributed by atoms with van der Waals surface area (Å²) < 4.78 is 12.1. The van der Waals surface area contributed by atoms with Gasteiger partial charge in [-0.25, -0.2) is 9.18 Å². The highest BCUT2D eigenvalue weighted by atomic mass is 32.1. The maximum atomic E-state index is 12.1. The molecule has 64 valence electrons. The lowest BCUT2D eigenvalue weighted by atomic mass is 10.1. The molecule has 0 unspecified atom stereocenters. The molecule has 0 saturated heterocycles. The normalized spacial score (nSPS) is 9.83. The maximum absolute atomic E-state index is 12.1. The van der Waals surface area contributed by atoms with E-state index in [2.05, 4.69) is 12.6 Å². The molecule has 0 bridgehead atoms. The van der Waals surface area contributed by atoms with Gasteiger partial charge in [-0.05, 0) is 17.7 Å². The summed E-state index contributed by atoms with van der Waals surface area (Å²) >= 11 is 3.91. The Kier molecular flexibility index (Phi) is 2.70. The third kappa shape index (κ3) is 1.76. The molecular formula is C8H7FO2S. The molecule has 1 aromatic rings. The summed E-state index contributed by atoms with van der Waals surface area (Å²) in [5.74, 6) is -1.05. The van der Waals surface area contributed by atoms with E-state index in [1.165, 1.54) is 18.2 Å². The minimum absolute atomic E-state index is 0.0931. The first-order valence-corrected chi connectivity index (χ1v) is 3.71. The molecule has 0 amide bonds. The van der Waals surface area contributed by atoms with E-state index in [9.17, 15) is 9.18 Å². The van der Waals surface area contributed by atoms with Crippen LogP contribution in [0.1, 0.15) is 15.9 Å². The fraction of sp³-hybridized carbons (Fsp3) is 0.125. The fourth-order valence-electron chi connectivity index (χ4n) is 0.841. The summed E-state index contributed by atoms with van der Waals surface area (Å²) in [6.07, 6.45) is 0. The number of carboxylic acid groups (broad SMARTS) is 1. The molecular weight excluding hydrogens is 179 g/mol. The molecule has 0 spiro atoms. The van der Waals surface area contributed by atoms with Crippen molar-refractivity contribution in [2.24, 2.45) is 0 Å². The minimum Gasteiger partial charge on any atom is -0.478 e. The van der Waals surface area contributed by atoms with Crippen molar-refractivity contribution in [2.45, 2.75) is 11.6 Å². The van der Waals surface area contributed by atoms with Gasteiger partial charge in [-0.2, -0.15) is 0 Å². The highest BCUT2D eigenvalue weighted by Crippen LogP contribution is 2.16. The quantitative estimate of drug-likeness (QED) is 0.694. The third-order valence-electron chi connectivity index (χ3n) is 1.45. The molecule has 4 heteroatoms. The van der Waals surface area contributed by atoms with E-state index in [0.29, 0.717) is 5.56 Å². The number of benzene rings is 1. The van der Waals surface area contributed by atoms with Crippen molar-refractivity contribution < 1.29 is 14.3 Å². The molecule has 0 radical (unpaired) electrons. The van der Waals surface area contributed by atoms with Crippen molar-refractivity contribution in [3.63, 3.8) is 0 Å². The number of alkyl halides is 1. The Morgan fingerprint density at radius 1 is 1.58 bits per heavy atom. The van der Waals surface area contributed by atoms with Crippen molar-refractivity contribution in [1.29, 1.82) is 0 Å². The summed E-state index contributed by atoms with van der Waals surface area (Å²) in [5.41, 5.74) is 0.528. The molecule has 1 rings (SSSR count). The van der Waals surface area contributed by atoms with Gasteiger partial charge in [0.15, 0.2) is 0 Å². The molecule has 0 aromatic heterocycles. The number of rotatable bonds is 2. The van der Waals surface area contributed by atoms with Gasteiger partial charge in [0.25, 0.3) is 0 Å². The smallest absolute Gasteiger partial charge is 0.336 e. The van der Waals surface area contributed by atoms with Crippen LogP contribution in [0.5, 0.6) is 0 Å². The van der Waals surface area contributed by atoms with Crippen molar-refractivity contribution in [3.8, 4) is 0 Å². The molecule has 0 fully saturated rings. The Balaban J connectivity index is 3.12. The Labute approximate surface area is 74.4 Å². The van der Waals surface area contributed by atoms with Crippen LogP contribution in [0, 0.1) is 0 Å². The second-order valence-electron chi connectivity index (χ2n) is 2.29. The monoisotopic (exact) mass is 186 g/mol. The van der Waals surface area contributed by atoms with Gasteiger partial charge >= 0.3 is 5.97 Å². The first-order valence-electron chi connectivity index (χ1n) is 3.26. The predicted molar refractivity (Wildman–Crippen MR) is 45.5 cm³/mol. The second-order valence-corrected chi connectivity index (χ2v) is 2.77. The molecule has 0 atom stereocenters. The summed E-state index contributed by atoms with van der Waals surface area (Å²) in [4.78, 5) is 10.8. The van der Waals surface area contributed by atoms with E-state index in [0.717, 1.165) is 0 Å². The molecule has 0 aliphatic rings. The third-order valence-corrected chi connectivity index (χ3v) is 1.82. The number of carbonyl (C=O) groups is 1. The van der Waals surface area contributed by atoms with E-state index < -0.39 is 12.6 Å². The zero-order chi connectivity index (χ0) is 9.14. The van der Waals surface area contributed by atoms with E-state index in [1.807, 2.05) is 0 Å². The lowest BCUT2D eigenvalue weighted by Gasteiger charge is -2.00. The Morgan fingerprint density at radius 3 is 2.67 bits per heavy atom. The van der Waals surface area contributed by atoms with Crippen LogP contribution in [-0.4, -0.2) is 11.1 Å². The predicted octanol–water partition coefficient (Wildman–Crippen LogP) is 2.14. The number of halogens is 1. The summed E-state index contributed by atoms with van der Waals surface area (Å²) in [6.45, 7) is -0.604. The van der Waals surface area contributed by atoms with Crippen molar-refractivity contribution in [3.05, 3.63) is 29.3 Å². The number of aromatic carboxylic acids is 1. The van der Waals surface area contributed by atoms with Crippen LogP contribution in [-0.2, 0) is 6.67 Å². The van der Waals surface area contributed by atoms with Gasteiger partial charge in [0.05, 0.1) is 5.56 Å². The molecule has 0 aliphatic heterocycles. The lowest BCUT2D eigenvalue weighted by molar-refractivity contribution is 0.0693. The van der Waals surface area contributed by atoms with E-state index in [1.54, 1.807) is 0 Å². The Morgan fingerprint density at radius 2 is 2.25 bits per heavy atom. The SMILES string of the molecule is O=C(O)c1ccc(CF)cc1S. The first kappa shape index (κ1) is 9.06. The average Bonchev–Trinajstić information content (AvgIpc) is 2.03. The van der Waals surface area contributed by atoms with E-state index in [-0.39, 0.29) is 10.5 Å². The van der Waals surface area contributed by atoms with Crippen LogP contribution in [0.4, 0.5) is 4.39 Å². The van der Waals surface area contributed by atoms with Gasteiger partial charge in [-0.15, -0.1) is 12.6 Å². The number of hydrogen-bond donors (Lipinski definition) is 2. The summed E-state index contributed by atoms with van der Waals surface area (Å²) in [7, 11) is 0. The van der Waals surface area contributed by atoms with Crippen molar-refractivity contribution in [2.75, 3.05) is 0 Å². The highest BCUT2D eigenvalue weighted by Gasteiger charge is 2.07. The Bertz CT molecular complexity index is 312. The largest absolute Gasteiger partial charge is 0.478 e. The highest BCUT2D eigenvalue weighted by molar-refractivity contribution is 7.80. The van der Waals surface area contributed by atoms with Crippen LogP contribution in [0.25, 0.3) is 0 Å². The molecule has 1 N–H and O–H groups in total. The van der Waals surface area contributed by atoms with Gasteiger partial charge in [-0.1, -0.05) is 6.07 Å². The van der Waals surface area contributed by atoms with Crippen LogP contribution >= 0.6 is 12.6 Å². The van der Waals surface area contributed by atoms with Gasteiger partial charge < -0.3 is 5.11 Å². The first-order chi connectivity index (χ1) is 5.65. The van der Waals surface area contributed by atoms with Crippen LogP contribution in [0.3, 0.4) is 0 Å². The lowest BCUT2D eigenvalue weighted by Crippen LogP contribution is -1.98. The number of carboxylic acids is 1. The van der Waals surface area contributed by atoms with Gasteiger partial charge in [-0.3, -0.25) is 0 Å². The van der Waals surface area contributed by atoms with Crippen LogP contribution < -0.4 is 0 Å². The average molecular weight is 186 g/mol. The molecule has 0 saturated carbocycles. The zero-order valence-electron chi connectivity index (χ0n) is 6.12. The van der Waals surface area contributed by atoms with Gasteiger partial charge in [0, 0.05) is 4.90 Å². The van der Waals surface area contributed by atoms with E-state index >= 15 is 0 Å². The molecule has 0 aliphatic carbocycles. The zero-order valence-corrected chi connectivity index (χ0v) is 7.01.